The van der Waals surface area contributed by atoms with E-state index >= 15 is 0 Å². The highest BCUT2D eigenvalue weighted by Crippen LogP contribution is 2.20. The summed E-state index contributed by atoms with van der Waals surface area (Å²) in [5.41, 5.74) is 0. The summed E-state index contributed by atoms with van der Waals surface area (Å²) >= 11 is 0. The van der Waals surface area contributed by atoms with E-state index < -0.39 is 0 Å². The zero-order valence-corrected chi connectivity index (χ0v) is 16.5. The van der Waals surface area contributed by atoms with E-state index in [0.717, 1.165) is 38.5 Å². The Balaban J connectivity index is 1.45. The summed E-state index contributed by atoms with van der Waals surface area (Å²) in [6.07, 6.45) is 5.96. The Labute approximate surface area is 154 Å². The molecule has 5 nitrogen and oxygen atoms in total. The van der Waals surface area contributed by atoms with Crippen LogP contribution in [0.25, 0.3) is 0 Å². The van der Waals surface area contributed by atoms with Gasteiger partial charge in [0.15, 0.2) is 0 Å². The summed E-state index contributed by atoms with van der Waals surface area (Å²) in [4.78, 5) is 16.6. The number of hydrogen-bond acceptors (Lipinski definition) is 4. The average Bonchev–Trinajstić information content (AvgIpc) is 2.64. The lowest BCUT2D eigenvalue weighted by Crippen LogP contribution is -2.40. The van der Waals surface area contributed by atoms with Gasteiger partial charge in [0.2, 0.25) is 5.91 Å². The minimum absolute atomic E-state index is 0.135. The summed E-state index contributed by atoms with van der Waals surface area (Å²) in [7, 11) is 0. The monoisotopic (exact) mass is 354 g/mol. The van der Waals surface area contributed by atoms with Crippen molar-refractivity contribution in [2.45, 2.75) is 58.9 Å². The quantitative estimate of drug-likeness (QED) is 0.597. The minimum Gasteiger partial charge on any atom is -0.379 e. The lowest BCUT2D eigenvalue weighted by molar-refractivity contribution is -0.138. The van der Waals surface area contributed by atoms with Gasteiger partial charge < -0.3 is 19.3 Å². The van der Waals surface area contributed by atoms with Crippen molar-refractivity contribution in [3.63, 3.8) is 0 Å². The van der Waals surface area contributed by atoms with Crippen molar-refractivity contribution in [3.05, 3.63) is 0 Å². The van der Waals surface area contributed by atoms with Crippen LogP contribution in [0, 0.1) is 11.8 Å². The Morgan fingerprint density at radius 2 is 1.56 bits per heavy atom. The average molecular weight is 355 g/mol. The van der Waals surface area contributed by atoms with Crippen molar-refractivity contribution in [1.29, 1.82) is 0 Å². The Bertz CT molecular complexity index is 373. The smallest absolute Gasteiger partial charge is 0.248 e. The van der Waals surface area contributed by atoms with Gasteiger partial charge in [-0.25, -0.2) is 0 Å². The van der Waals surface area contributed by atoms with E-state index in [1.165, 1.54) is 32.4 Å². The van der Waals surface area contributed by atoms with E-state index in [9.17, 15) is 4.79 Å². The number of carbonyl (C=O) groups is 1. The number of carbonyl (C=O) groups excluding carboxylic acids is 1. The molecule has 0 aromatic heterocycles. The van der Waals surface area contributed by atoms with Crippen LogP contribution in [0.15, 0.2) is 0 Å². The first-order chi connectivity index (χ1) is 12.1. The normalized spacial score (nSPS) is 21.2. The van der Waals surface area contributed by atoms with Crippen LogP contribution in [-0.2, 0) is 14.3 Å². The van der Waals surface area contributed by atoms with Crippen LogP contribution in [0.5, 0.6) is 0 Å². The van der Waals surface area contributed by atoms with Gasteiger partial charge in [-0.1, -0.05) is 13.3 Å². The molecule has 25 heavy (non-hydrogen) atoms. The lowest BCUT2D eigenvalue weighted by Gasteiger charge is -2.34. The number of likely N-dealkylation sites (tertiary alicyclic amines) is 2. The van der Waals surface area contributed by atoms with Crippen LogP contribution in [0.4, 0.5) is 0 Å². The van der Waals surface area contributed by atoms with Gasteiger partial charge in [-0.15, -0.1) is 0 Å². The third kappa shape index (κ3) is 7.24. The molecule has 0 bridgehead atoms. The highest BCUT2D eigenvalue weighted by atomic mass is 16.5. The number of nitrogens with zero attached hydrogens (tertiary/aromatic N) is 2. The number of amides is 1. The number of hydrogen-bond donors (Lipinski definition) is 0. The SMILES string of the molecule is CCC1CCN(C(=O)COCCOCC2CCN(C(C)C)CC2)CC1. The van der Waals surface area contributed by atoms with Crippen molar-refractivity contribution < 1.29 is 14.3 Å². The van der Waals surface area contributed by atoms with Crippen molar-refractivity contribution in [2.24, 2.45) is 11.8 Å². The largest absolute Gasteiger partial charge is 0.379 e. The van der Waals surface area contributed by atoms with Gasteiger partial charge in [0, 0.05) is 25.7 Å². The Kier molecular flexibility index (Phi) is 9.21. The molecule has 2 fully saturated rings. The fourth-order valence-electron chi connectivity index (χ4n) is 3.85. The van der Waals surface area contributed by atoms with E-state index in [-0.39, 0.29) is 12.5 Å². The van der Waals surface area contributed by atoms with Crippen molar-refractivity contribution in [3.8, 4) is 0 Å². The van der Waals surface area contributed by atoms with E-state index in [4.69, 9.17) is 9.47 Å². The second kappa shape index (κ2) is 11.1. The van der Waals surface area contributed by atoms with Crippen LogP contribution in [0.1, 0.15) is 52.9 Å². The standard InChI is InChI=1S/C20H38N2O3/c1-4-18-5-11-22(12-6-18)20(23)16-25-14-13-24-15-19-7-9-21(10-8-19)17(2)3/h17-19H,4-16H2,1-3H3. The Hall–Kier alpha value is -0.650. The van der Waals surface area contributed by atoms with Crippen LogP contribution in [0.3, 0.4) is 0 Å². The zero-order chi connectivity index (χ0) is 18.1. The summed E-state index contributed by atoms with van der Waals surface area (Å²) in [5, 5.41) is 0. The molecular formula is C20H38N2O3. The zero-order valence-electron chi connectivity index (χ0n) is 16.5. The number of piperidine rings is 2. The number of ether oxygens (including phenoxy) is 2. The molecule has 2 rings (SSSR count). The van der Waals surface area contributed by atoms with E-state index in [1.807, 2.05) is 4.90 Å². The maximum absolute atomic E-state index is 12.1. The summed E-state index contributed by atoms with van der Waals surface area (Å²) in [6, 6.07) is 0.653. The van der Waals surface area contributed by atoms with Gasteiger partial charge in [-0.05, 0) is 64.5 Å². The van der Waals surface area contributed by atoms with Gasteiger partial charge in [0.25, 0.3) is 0 Å². The molecule has 2 aliphatic rings. The Morgan fingerprint density at radius 3 is 2.16 bits per heavy atom. The van der Waals surface area contributed by atoms with Gasteiger partial charge >= 0.3 is 0 Å². The van der Waals surface area contributed by atoms with Crippen LogP contribution < -0.4 is 0 Å². The highest BCUT2D eigenvalue weighted by molar-refractivity contribution is 5.77. The van der Waals surface area contributed by atoms with Gasteiger partial charge in [-0.2, -0.15) is 0 Å². The summed E-state index contributed by atoms with van der Waals surface area (Å²) < 4.78 is 11.3. The number of rotatable bonds is 9. The fraction of sp³-hybridized carbons (Fsp3) is 0.950. The molecule has 5 heteroatoms. The summed E-state index contributed by atoms with van der Waals surface area (Å²) in [5.74, 6) is 1.61. The summed E-state index contributed by atoms with van der Waals surface area (Å²) in [6.45, 7) is 13.1. The predicted octanol–water partition coefficient (Wildman–Crippen LogP) is 2.79. The van der Waals surface area contributed by atoms with Gasteiger partial charge in [0.05, 0.1) is 13.2 Å². The fourth-order valence-corrected chi connectivity index (χ4v) is 3.85. The molecule has 0 aromatic carbocycles. The molecule has 2 heterocycles. The van der Waals surface area contributed by atoms with E-state index in [2.05, 4.69) is 25.7 Å². The van der Waals surface area contributed by atoms with E-state index in [1.54, 1.807) is 0 Å². The molecule has 0 aromatic rings. The first-order valence-electron chi connectivity index (χ1n) is 10.3. The molecule has 0 saturated carbocycles. The molecule has 0 N–H and O–H groups in total. The molecule has 0 radical (unpaired) electrons. The first-order valence-corrected chi connectivity index (χ1v) is 10.3. The van der Waals surface area contributed by atoms with Crippen LogP contribution in [-0.4, -0.2) is 74.4 Å². The second-order valence-electron chi connectivity index (χ2n) is 7.93. The molecule has 2 aliphatic heterocycles. The molecule has 0 aliphatic carbocycles. The topological polar surface area (TPSA) is 42.0 Å². The van der Waals surface area contributed by atoms with Crippen molar-refractivity contribution >= 4 is 5.91 Å². The van der Waals surface area contributed by atoms with Crippen LogP contribution in [0.2, 0.25) is 0 Å². The molecule has 2 saturated heterocycles. The third-order valence-corrected chi connectivity index (χ3v) is 5.88. The Morgan fingerprint density at radius 1 is 0.960 bits per heavy atom. The molecule has 0 unspecified atom stereocenters. The maximum atomic E-state index is 12.1. The highest BCUT2D eigenvalue weighted by Gasteiger charge is 2.22. The second-order valence-corrected chi connectivity index (χ2v) is 7.93. The van der Waals surface area contributed by atoms with Crippen molar-refractivity contribution in [2.75, 3.05) is 52.6 Å². The van der Waals surface area contributed by atoms with Gasteiger partial charge in [0.1, 0.15) is 6.61 Å². The molecule has 146 valence electrons. The molecule has 1 amide bonds. The molecule has 0 atom stereocenters. The maximum Gasteiger partial charge on any atom is 0.248 e. The lowest BCUT2D eigenvalue weighted by atomic mass is 9.94. The predicted molar refractivity (Wildman–Crippen MR) is 101 cm³/mol. The van der Waals surface area contributed by atoms with E-state index in [0.29, 0.717) is 25.2 Å². The van der Waals surface area contributed by atoms with Crippen LogP contribution >= 0.6 is 0 Å². The van der Waals surface area contributed by atoms with Crippen molar-refractivity contribution in [1.82, 2.24) is 9.80 Å². The third-order valence-electron chi connectivity index (χ3n) is 5.88. The molecular weight excluding hydrogens is 316 g/mol. The van der Waals surface area contributed by atoms with Gasteiger partial charge in [-0.3, -0.25) is 4.79 Å². The molecule has 0 spiro atoms. The minimum atomic E-state index is 0.135. The first kappa shape index (κ1) is 20.7.